The average molecular weight is 367 g/mol. The van der Waals surface area contributed by atoms with Gasteiger partial charge in [-0.2, -0.15) is 0 Å². The largest absolute Gasteiger partial charge is 0.381 e. The topological polar surface area (TPSA) is 36.9 Å². The number of guanidine groups is 1. The Morgan fingerprint density at radius 3 is 2.67 bits per heavy atom. The summed E-state index contributed by atoms with van der Waals surface area (Å²) in [6, 6.07) is 0.655. The quantitative estimate of drug-likeness (QED) is 0.470. The van der Waals surface area contributed by atoms with E-state index in [1.54, 1.807) is 0 Å². The molecule has 1 aliphatic heterocycles. The zero-order valence-corrected chi connectivity index (χ0v) is 13.9. The predicted molar refractivity (Wildman–Crippen MR) is 85.7 cm³/mol. The molecule has 0 radical (unpaired) electrons. The van der Waals surface area contributed by atoms with Gasteiger partial charge in [0.15, 0.2) is 5.96 Å². The van der Waals surface area contributed by atoms with Crippen molar-refractivity contribution in [3.63, 3.8) is 0 Å². The summed E-state index contributed by atoms with van der Waals surface area (Å²) < 4.78 is 5.42. The van der Waals surface area contributed by atoms with E-state index < -0.39 is 0 Å². The van der Waals surface area contributed by atoms with Gasteiger partial charge in [-0.15, -0.1) is 24.0 Å². The first-order valence-electron chi connectivity index (χ1n) is 6.89. The molecule has 0 aromatic carbocycles. The van der Waals surface area contributed by atoms with Crippen LogP contribution in [-0.4, -0.2) is 50.3 Å². The first-order chi connectivity index (χ1) is 8.29. The van der Waals surface area contributed by atoms with Crippen molar-refractivity contribution in [3.05, 3.63) is 0 Å². The summed E-state index contributed by atoms with van der Waals surface area (Å²) in [5.74, 6) is 1.74. The van der Waals surface area contributed by atoms with Crippen LogP contribution in [0.4, 0.5) is 0 Å². The van der Waals surface area contributed by atoms with E-state index in [0.717, 1.165) is 32.3 Å². The van der Waals surface area contributed by atoms with Crippen LogP contribution < -0.4 is 5.32 Å². The number of ether oxygens (including phenoxy) is 1. The molecule has 106 valence electrons. The van der Waals surface area contributed by atoms with Gasteiger partial charge in [-0.3, -0.25) is 4.99 Å². The minimum absolute atomic E-state index is 0. The predicted octanol–water partition coefficient (Wildman–Crippen LogP) is 2.09. The van der Waals surface area contributed by atoms with E-state index >= 15 is 0 Å². The second kappa shape index (κ2) is 8.19. The fourth-order valence-corrected chi connectivity index (χ4v) is 2.36. The maximum absolute atomic E-state index is 5.42. The van der Waals surface area contributed by atoms with Crippen molar-refractivity contribution in [1.82, 2.24) is 10.2 Å². The second-order valence-corrected chi connectivity index (χ2v) is 5.18. The summed E-state index contributed by atoms with van der Waals surface area (Å²) >= 11 is 0. The first kappa shape index (κ1) is 16.0. The molecule has 1 atom stereocenters. The summed E-state index contributed by atoms with van der Waals surface area (Å²) in [5, 5.41) is 3.56. The smallest absolute Gasteiger partial charge is 0.193 e. The van der Waals surface area contributed by atoms with Crippen LogP contribution in [0.3, 0.4) is 0 Å². The Labute approximate surface area is 128 Å². The van der Waals surface area contributed by atoms with E-state index in [4.69, 9.17) is 4.74 Å². The third-order valence-corrected chi connectivity index (χ3v) is 3.66. The molecule has 0 amide bonds. The lowest BCUT2D eigenvalue weighted by Crippen LogP contribution is -2.48. The lowest BCUT2D eigenvalue weighted by atomic mass is 9.93. The molecule has 0 aromatic rings. The molecule has 0 spiro atoms. The third kappa shape index (κ3) is 4.57. The Morgan fingerprint density at radius 2 is 2.17 bits per heavy atom. The van der Waals surface area contributed by atoms with Gasteiger partial charge in [0.2, 0.25) is 0 Å². The van der Waals surface area contributed by atoms with Crippen molar-refractivity contribution in [2.24, 2.45) is 10.9 Å². The number of aliphatic imine (C=N–C) groups is 1. The van der Waals surface area contributed by atoms with Crippen LogP contribution >= 0.6 is 24.0 Å². The lowest BCUT2D eigenvalue weighted by Gasteiger charge is -2.32. The van der Waals surface area contributed by atoms with Crippen LogP contribution in [-0.2, 0) is 4.74 Å². The Hall–Kier alpha value is -0.0400. The van der Waals surface area contributed by atoms with Gasteiger partial charge >= 0.3 is 0 Å². The van der Waals surface area contributed by atoms with Crippen LogP contribution in [0.5, 0.6) is 0 Å². The fraction of sp³-hybridized carbons (Fsp3) is 0.923. The minimum Gasteiger partial charge on any atom is -0.381 e. The third-order valence-electron chi connectivity index (χ3n) is 3.66. The number of hydrogen-bond acceptors (Lipinski definition) is 2. The van der Waals surface area contributed by atoms with E-state index in [1.807, 2.05) is 0 Å². The van der Waals surface area contributed by atoms with Gasteiger partial charge in [0, 0.05) is 38.7 Å². The number of nitrogens with one attached hydrogen (secondary N) is 1. The summed E-state index contributed by atoms with van der Waals surface area (Å²) in [7, 11) is 2.14. The van der Waals surface area contributed by atoms with Crippen molar-refractivity contribution >= 4 is 29.9 Å². The van der Waals surface area contributed by atoms with Gasteiger partial charge in [0.25, 0.3) is 0 Å². The molecule has 2 rings (SSSR count). The maximum atomic E-state index is 5.42. The highest BCUT2D eigenvalue weighted by Gasteiger charge is 2.22. The molecule has 1 unspecified atom stereocenters. The Morgan fingerprint density at radius 1 is 1.39 bits per heavy atom. The molecule has 2 fully saturated rings. The lowest BCUT2D eigenvalue weighted by molar-refractivity contribution is 0.181. The molecule has 0 aromatic heterocycles. The van der Waals surface area contributed by atoms with E-state index in [0.29, 0.717) is 12.0 Å². The van der Waals surface area contributed by atoms with Crippen molar-refractivity contribution in [2.75, 3.05) is 33.4 Å². The van der Waals surface area contributed by atoms with E-state index in [-0.39, 0.29) is 24.0 Å². The Bertz CT molecular complexity index is 263. The molecule has 2 aliphatic rings. The Kier molecular flexibility index (Phi) is 7.29. The number of hydrogen-bond donors (Lipinski definition) is 1. The summed E-state index contributed by atoms with van der Waals surface area (Å²) in [6.07, 6.45) is 5.14. The number of nitrogens with zero attached hydrogens (tertiary/aromatic N) is 2. The molecule has 18 heavy (non-hydrogen) atoms. The molecule has 1 aliphatic carbocycles. The number of halogens is 1. The van der Waals surface area contributed by atoms with Crippen LogP contribution in [0, 0.1) is 5.92 Å². The van der Waals surface area contributed by atoms with Crippen LogP contribution in [0.2, 0.25) is 0 Å². The number of rotatable bonds is 4. The molecular formula is C13H26IN3O. The molecular weight excluding hydrogens is 341 g/mol. The van der Waals surface area contributed by atoms with Gasteiger partial charge in [0.05, 0.1) is 6.61 Å². The Balaban J connectivity index is 0.00000162. The zero-order chi connectivity index (χ0) is 12.1. The molecule has 5 heteroatoms. The summed E-state index contributed by atoms with van der Waals surface area (Å²) in [6.45, 7) is 5.83. The maximum Gasteiger partial charge on any atom is 0.193 e. The highest BCUT2D eigenvalue weighted by Crippen LogP contribution is 2.19. The van der Waals surface area contributed by atoms with Crippen LogP contribution in [0.1, 0.15) is 32.6 Å². The first-order valence-corrected chi connectivity index (χ1v) is 6.89. The van der Waals surface area contributed by atoms with Gasteiger partial charge in [-0.25, -0.2) is 0 Å². The van der Waals surface area contributed by atoms with Crippen LogP contribution in [0.15, 0.2) is 4.99 Å². The summed E-state index contributed by atoms with van der Waals surface area (Å²) in [5.41, 5.74) is 0. The van der Waals surface area contributed by atoms with Gasteiger partial charge in [-0.1, -0.05) is 0 Å². The van der Waals surface area contributed by atoms with Crippen molar-refractivity contribution in [3.8, 4) is 0 Å². The van der Waals surface area contributed by atoms with Crippen molar-refractivity contribution in [1.29, 1.82) is 0 Å². The molecule has 0 bridgehead atoms. The van der Waals surface area contributed by atoms with Crippen LogP contribution in [0.25, 0.3) is 0 Å². The standard InChI is InChI=1S/C13H25N3O.HI/c1-3-14-13(15-12-5-4-6-12)16(2)9-11-7-8-17-10-11;/h11-12H,3-10H2,1-2H3,(H,14,15);1H. The van der Waals surface area contributed by atoms with Gasteiger partial charge in [0.1, 0.15) is 0 Å². The monoisotopic (exact) mass is 367 g/mol. The zero-order valence-electron chi connectivity index (χ0n) is 11.5. The molecule has 1 N–H and O–H groups in total. The van der Waals surface area contributed by atoms with Gasteiger partial charge < -0.3 is 15.0 Å². The van der Waals surface area contributed by atoms with Crippen molar-refractivity contribution < 1.29 is 4.74 Å². The van der Waals surface area contributed by atoms with E-state index in [2.05, 4.69) is 29.2 Å². The molecule has 1 saturated heterocycles. The highest BCUT2D eigenvalue weighted by atomic mass is 127. The van der Waals surface area contributed by atoms with E-state index in [1.165, 1.54) is 25.7 Å². The SMILES string of the molecule is CCN=C(NC1CCC1)N(C)CC1CCOC1.I. The second-order valence-electron chi connectivity index (χ2n) is 5.18. The molecule has 1 saturated carbocycles. The molecule has 1 heterocycles. The molecule has 4 nitrogen and oxygen atoms in total. The average Bonchev–Trinajstić information content (AvgIpc) is 2.74. The van der Waals surface area contributed by atoms with E-state index in [9.17, 15) is 0 Å². The normalized spacial score (nSPS) is 24.3. The highest BCUT2D eigenvalue weighted by molar-refractivity contribution is 14.0. The van der Waals surface area contributed by atoms with Crippen molar-refractivity contribution in [2.45, 2.75) is 38.6 Å². The minimum atomic E-state index is 0. The van der Waals surface area contributed by atoms with Gasteiger partial charge in [-0.05, 0) is 32.6 Å². The fourth-order valence-electron chi connectivity index (χ4n) is 2.36. The summed E-state index contributed by atoms with van der Waals surface area (Å²) in [4.78, 5) is 6.84.